The molecule has 1 aromatic rings. The summed E-state index contributed by atoms with van der Waals surface area (Å²) < 4.78 is 24.5. The second kappa shape index (κ2) is 3.08. The molecule has 66 valence electrons. The summed E-state index contributed by atoms with van der Waals surface area (Å²) in [6.07, 6.45) is 2.64. The van der Waals surface area contributed by atoms with Crippen LogP contribution in [0, 0.1) is 0 Å². The molecule has 0 fully saturated rings. The topological polar surface area (TPSA) is 85.1 Å². The van der Waals surface area contributed by atoms with Crippen LogP contribution in [0.3, 0.4) is 0 Å². The Morgan fingerprint density at radius 3 is 2.75 bits per heavy atom. The van der Waals surface area contributed by atoms with Crippen molar-refractivity contribution in [3.8, 4) is 0 Å². The number of nitrogens with zero attached hydrogens (tertiary/aromatic N) is 1. The maximum atomic E-state index is 11.2. The summed E-state index contributed by atoms with van der Waals surface area (Å²) in [5.41, 5.74) is 5.62. The quantitative estimate of drug-likeness (QED) is 0.658. The van der Waals surface area contributed by atoms with Crippen molar-refractivity contribution in [3.05, 3.63) is 18.5 Å². The summed E-state index contributed by atoms with van der Waals surface area (Å²) in [5.74, 6) is 0. The Hall–Kier alpha value is -1.14. The Bertz CT molecular complexity index is 374. The molecular formula is C6H9N3O2S. The smallest absolute Gasteiger partial charge is 0.243 e. The molecule has 0 atom stereocenters. The van der Waals surface area contributed by atoms with E-state index in [9.17, 15) is 8.42 Å². The van der Waals surface area contributed by atoms with Gasteiger partial charge in [0, 0.05) is 12.4 Å². The largest absolute Gasteiger partial charge is 0.398 e. The van der Waals surface area contributed by atoms with E-state index in [4.69, 9.17) is 5.73 Å². The average Bonchev–Trinajstić information content (AvgIpc) is 2.05. The zero-order chi connectivity index (χ0) is 9.19. The van der Waals surface area contributed by atoms with Gasteiger partial charge in [-0.3, -0.25) is 4.98 Å². The standard InChI is InChI=1S/C6H9N3O2S/c1-8-12(10,11)6-4-9-3-2-5(6)7/h2-4,8H,1H3,(H2,7,9). The number of nitrogens with one attached hydrogen (secondary N) is 1. The molecule has 12 heavy (non-hydrogen) atoms. The van der Waals surface area contributed by atoms with Gasteiger partial charge in [-0.15, -0.1) is 0 Å². The number of anilines is 1. The van der Waals surface area contributed by atoms with E-state index in [1.165, 1.54) is 25.5 Å². The van der Waals surface area contributed by atoms with Crippen LogP contribution in [0.25, 0.3) is 0 Å². The molecule has 0 saturated heterocycles. The van der Waals surface area contributed by atoms with Crippen LogP contribution in [0.15, 0.2) is 23.4 Å². The molecule has 0 saturated carbocycles. The fourth-order valence-electron chi connectivity index (χ4n) is 0.725. The van der Waals surface area contributed by atoms with Crippen molar-refractivity contribution in [2.75, 3.05) is 12.8 Å². The summed E-state index contributed by atoms with van der Waals surface area (Å²) in [6, 6.07) is 1.43. The van der Waals surface area contributed by atoms with E-state index in [2.05, 4.69) is 9.71 Å². The van der Waals surface area contributed by atoms with E-state index >= 15 is 0 Å². The minimum absolute atomic E-state index is 0.00694. The molecular weight excluding hydrogens is 178 g/mol. The fourth-order valence-corrected chi connectivity index (χ4v) is 1.52. The highest BCUT2D eigenvalue weighted by atomic mass is 32.2. The molecule has 0 radical (unpaired) electrons. The van der Waals surface area contributed by atoms with Crippen molar-refractivity contribution >= 4 is 15.7 Å². The van der Waals surface area contributed by atoms with Crippen molar-refractivity contribution in [2.24, 2.45) is 0 Å². The second-order valence-corrected chi connectivity index (χ2v) is 3.98. The summed E-state index contributed by atoms with van der Waals surface area (Å²) in [5, 5.41) is 0. The zero-order valence-corrected chi connectivity index (χ0v) is 7.30. The van der Waals surface area contributed by atoms with Gasteiger partial charge in [-0.2, -0.15) is 0 Å². The molecule has 6 heteroatoms. The summed E-state index contributed by atoms with van der Waals surface area (Å²) >= 11 is 0. The van der Waals surface area contributed by atoms with Gasteiger partial charge in [0.05, 0.1) is 5.69 Å². The third-order valence-electron chi connectivity index (χ3n) is 1.37. The number of nitrogen functional groups attached to an aromatic ring is 1. The van der Waals surface area contributed by atoms with Crippen LogP contribution >= 0.6 is 0 Å². The molecule has 1 rings (SSSR count). The third-order valence-corrected chi connectivity index (χ3v) is 2.83. The Balaban J connectivity index is 3.30. The van der Waals surface area contributed by atoms with Gasteiger partial charge in [-0.05, 0) is 13.1 Å². The fraction of sp³-hybridized carbons (Fsp3) is 0.167. The average molecular weight is 187 g/mol. The highest BCUT2D eigenvalue weighted by Gasteiger charge is 2.14. The normalized spacial score (nSPS) is 11.4. The second-order valence-electron chi connectivity index (χ2n) is 2.12. The number of hydrogen-bond acceptors (Lipinski definition) is 4. The minimum atomic E-state index is -3.47. The molecule has 1 aromatic heterocycles. The first-order valence-electron chi connectivity index (χ1n) is 3.21. The lowest BCUT2D eigenvalue weighted by atomic mass is 10.4. The van der Waals surface area contributed by atoms with Crippen molar-refractivity contribution in [1.82, 2.24) is 9.71 Å². The van der Waals surface area contributed by atoms with Gasteiger partial charge in [-0.1, -0.05) is 0 Å². The molecule has 5 nitrogen and oxygen atoms in total. The monoisotopic (exact) mass is 187 g/mol. The Labute approximate surface area is 70.7 Å². The summed E-state index contributed by atoms with van der Waals surface area (Å²) in [6.45, 7) is 0. The van der Waals surface area contributed by atoms with Gasteiger partial charge in [0.1, 0.15) is 4.90 Å². The van der Waals surface area contributed by atoms with Crippen molar-refractivity contribution < 1.29 is 8.42 Å². The highest BCUT2D eigenvalue weighted by Crippen LogP contribution is 2.14. The summed E-state index contributed by atoms with van der Waals surface area (Å²) in [7, 11) is -2.15. The third kappa shape index (κ3) is 1.54. The zero-order valence-electron chi connectivity index (χ0n) is 6.48. The lowest BCUT2D eigenvalue weighted by molar-refractivity contribution is 0.588. The SMILES string of the molecule is CNS(=O)(=O)c1cnccc1N. The van der Waals surface area contributed by atoms with E-state index in [0.717, 1.165) is 0 Å². The highest BCUT2D eigenvalue weighted by molar-refractivity contribution is 7.89. The molecule has 1 heterocycles. The van der Waals surface area contributed by atoms with Crippen LogP contribution in [0.2, 0.25) is 0 Å². The van der Waals surface area contributed by atoms with Gasteiger partial charge >= 0.3 is 0 Å². The van der Waals surface area contributed by atoms with Crippen molar-refractivity contribution in [3.63, 3.8) is 0 Å². The Morgan fingerprint density at radius 1 is 1.58 bits per heavy atom. The van der Waals surface area contributed by atoms with E-state index in [1.807, 2.05) is 0 Å². The van der Waals surface area contributed by atoms with Crippen LogP contribution < -0.4 is 10.5 Å². The molecule has 0 aliphatic carbocycles. The van der Waals surface area contributed by atoms with Gasteiger partial charge < -0.3 is 5.73 Å². The number of aromatic nitrogens is 1. The molecule has 0 aliphatic heterocycles. The lowest BCUT2D eigenvalue weighted by Gasteiger charge is -2.03. The first-order chi connectivity index (χ1) is 5.58. The van der Waals surface area contributed by atoms with Crippen LogP contribution in [0.4, 0.5) is 5.69 Å². The predicted octanol–water partition coefficient (Wildman–Crippen LogP) is -0.428. The summed E-state index contributed by atoms with van der Waals surface area (Å²) in [4.78, 5) is 3.67. The molecule has 0 aromatic carbocycles. The van der Waals surface area contributed by atoms with Crippen LogP contribution in [0.5, 0.6) is 0 Å². The molecule has 3 N–H and O–H groups in total. The molecule has 0 aliphatic rings. The number of sulfonamides is 1. The van der Waals surface area contributed by atoms with Gasteiger partial charge in [0.2, 0.25) is 10.0 Å². The van der Waals surface area contributed by atoms with Gasteiger partial charge in [-0.25, -0.2) is 13.1 Å². The number of pyridine rings is 1. The van der Waals surface area contributed by atoms with Crippen molar-refractivity contribution in [2.45, 2.75) is 4.90 Å². The number of rotatable bonds is 2. The van der Waals surface area contributed by atoms with E-state index in [0.29, 0.717) is 0 Å². The Morgan fingerprint density at radius 2 is 2.25 bits per heavy atom. The maximum absolute atomic E-state index is 11.2. The van der Waals surface area contributed by atoms with E-state index in [-0.39, 0.29) is 10.6 Å². The van der Waals surface area contributed by atoms with Crippen molar-refractivity contribution in [1.29, 1.82) is 0 Å². The van der Waals surface area contributed by atoms with E-state index < -0.39 is 10.0 Å². The first-order valence-corrected chi connectivity index (χ1v) is 4.69. The molecule has 0 bridgehead atoms. The maximum Gasteiger partial charge on any atom is 0.243 e. The van der Waals surface area contributed by atoms with Gasteiger partial charge in [0.15, 0.2) is 0 Å². The molecule has 0 amide bonds. The first kappa shape index (κ1) is 8.95. The van der Waals surface area contributed by atoms with Crippen LogP contribution in [0.1, 0.15) is 0 Å². The molecule has 0 spiro atoms. The number of hydrogen-bond donors (Lipinski definition) is 2. The predicted molar refractivity (Wildman–Crippen MR) is 44.9 cm³/mol. The van der Waals surface area contributed by atoms with E-state index in [1.54, 1.807) is 0 Å². The van der Waals surface area contributed by atoms with Crippen LogP contribution in [-0.2, 0) is 10.0 Å². The van der Waals surface area contributed by atoms with Gasteiger partial charge in [0.25, 0.3) is 0 Å². The minimum Gasteiger partial charge on any atom is -0.398 e. The number of nitrogens with two attached hydrogens (primary N) is 1. The molecule has 0 unspecified atom stereocenters. The van der Waals surface area contributed by atoms with Crippen LogP contribution in [-0.4, -0.2) is 20.4 Å². The Kier molecular flexibility index (Phi) is 2.30. The lowest BCUT2D eigenvalue weighted by Crippen LogP contribution is -2.20.